The average molecular weight is 387 g/mol. The minimum atomic E-state index is -0.0418. The summed E-state index contributed by atoms with van der Waals surface area (Å²) in [6, 6.07) is 9.67. The summed E-state index contributed by atoms with van der Waals surface area (Å²) in [5.41, 5.74) is 2.37. The summed E-state index contributed by atoms with van der Waals surface area (Å²) in [5, 5.41) is 4.31. The van der Waals surface area contributed by atoms with Gasteiger partial charge in [0, 0.05) is 24.7 Å². The quantitative estimate of drug-likeness (QED) is 0.531. The molecule has 146 valence electrons. The number of aromatic amines is 1. The van der Waals surface area contributed by atoms with E-state index < -0.39 is 0 Å². The first-order valence-corrected chi connectivity index (χ1v) is 9.34. The van der Waals surface area contributed by atoms with Crippen LogP contribution in [-0.4, -0.2) is 52.0 Å². The van der Waals surface area contributed by atoms with E-state index in [1.165, 1.54) is 12.4 Å². The summed E-state index contributed by atoms with van der Waals surface area (Å²) in [6.45, 7) is 4.89. The number of amides is 1. The van der Waals surface area contributed by atoms with E-state index in [0.29, 0.717) is 13.1 Å². The molecule has 0 radical (unpaired) electrons. The number of rotatable bonds is 4. The summed E-state index contributed by atoms with van der Waals surface area (Å²) >= 11 is 0. The Kier molecular flexibility index (Phi) is 5.16. The number of likely N-dealkylation sites (tertiary alicyclic amines) is 1. The lowest BCUT2D eigenvalue weighted by Crippen LogP contribution is -2.30. The molecule has 7 nitrogen and oxygen atoms in total. The first kappa shape index (κ1) is 18.6. The van der Waals surface area contributed by atoms with Gasteiger partial charge in [-0.2, -0.15) is 0 Å². The number of nitrogens with one attached hydrogen (secondary N) is 2. The third-order valence-electron chi connectivity index (χ3n) is 4.87. The number of hydrogen-bond acceptors (Lipinski definition) is 5. The zero-order valence-corrected chi connectivity index (χ0v) is 16.1. The Morgan fingerprint density at radius 2 is 2.17 bits per heavy atom. The second-order valence-electron chi connectivity index (χ2n) is 6.76. The molecule has 1 aromatic carbocycles. The molecular weight excluding hydrogens is 366 g/mol. The molecule has 0 unspecified atom stereocenters. The zero-order chi connectivity index (χ0) is 20.2. The third-order valence-corrected chi connectivity index (χ3v) is 4.87. The van der Waals surface area contributed by atoms with Crippen molar-refractivity contribution < 1.29 is 9.53 Å². The predicted octanol–water partition coefficient (Wildman–Crippen LogP) is 2.57. The number of ether oxygens (including phenoxy) is 1. The molecule has 1 saturated heterocycles. The van der Waals surface area contributed by atoms with Crippen molar-refractivity contribution in [2.45, 2.75) is 12.5 Å². The highest BCUT2D eigenvalue weighted by Crippen LogP contribution is 2.23. The first-order valence-electron chi connectivity index (χ1n) is 9.34. The molecular formula is C22H21N5O2. The molecule has 0 spiro atoms. The minimum Gasteiger partial charge on any atom is -0.497 e. The number of nitrogens with zero attached hydrogens (tertiary/aromatic N) is 3. The molecule has 29 heavy (non-hydrogen) atoms. The standard InChI is InChI=1S/C22H21N5O2/c1-3-20(28)27-11-10-17(13-27)26-22-19-12-16(25-21(19)23-14-24-22)7-4-15-5-8-18(29-2)9-6-15/h3,5-6,8-9,12,14,17H,1,10-11,13H2,2H3,(H2,23,24,25,26)/t17-/m1/s1. The lowest BCUT2D eigenvalue weighted by atomic mass is 10.2. The van der Waals surface area contributed by atoms with E-state index in [1.54, 1.807) is 12.0 Å². The van der Waals surface area contributed by atoms with Crippen LogP contribution in [0.4, 0.5) is 5.82 Å². The fourth-order valence-corrected chi connectivity index (χ4v) is 3.34. The van der Waals surface area contributed by atoms with E-state index in [2.05, 4.69) is 38.7 Å². The van der Waals surface area contributed by atoms with Gasteiger partial charge in [0.25, 0.3) is 0 Å². The Bertz CT molecular complexity index is 1110. The molecule has 1 aliphatic rings. The largest absolute Gasteiger partial charge is 0.497 e. The molecule has 0 aliphatic carbocycles. The number of carbonyl (C=O) groups is 1. The van der Waals surface area contributed by atoms with Gasteiger partial charge >= 0.3 is 0 Å². The van der Waals surface area contributed by atoms with E-state index in [4.69, 9.17) is 4.74 Å². The maximum atomic E-state index is 11.8. The number of carbonyl (C=O) groups excluding carboxylic acids is 1. The number of H-pyrrole nitrogens is 1. The van der Waals surface area contributed by atoms with Crippen molar-refractivity contribution in [2.75, 3.05) is 25.5 Å². The van der Waals surface area contributed by atoms with Crippen LogP contribution in [0.15, 0.2) is 49.3 Å². The predicted molar refractivity (Wildman–Crippen MR) is 112 cm³/mol. The average Bonchev–Trinajstić information content (AvgIpc) is 3.39. The lowest BCUT2D eigenvalue weighted by molar-refractivity contribution is -0.125. The van der Waals surface area contributed by atoms with Crippen LogP contribution in [0.25, 0.3) is 11.0 Å². The monoisotopic (exact) mass is 387 g/mol. The van der Waals surface area contributed by atoms with Gasteiger partial charge < -0.3 is 19.9 Å². The number of aromatic nitrogens is 3. The normalized spacial score (nSPS) is 15.6. The Labute approximate surface area is 168 Å². The molecule has 1 amide bonds. The number of fused-ring (bicyclic) bond motifs is 1. The number of hydrogen-bond donors (Lipinski definition) is 2. The molecule has 2 aromatic heterocycles. The van der Waals surface area contributed by atoms with Gasteiger partial charge in [-0.25, -0.2) is 9.97 Å². The third kappa shape index (κ3) is 4.06. The van der Waals surface area contributed by atoms with Crippen LogP contribution in [0, 0.1) is 11.8 Å². The van der Waals surface area contributed by atoms with Gasteiger partial charge in [0.2, 0.25) is 5.91 Å². The second kappa shape index (κ2) is 8.07. The van der Waals surface area contributed by atoms with E-state index in [-0.39, 0.29) is 11.9 Å². The Morgan fingerprint density at radius 3 is 2.93 bits per heavy atom. The topological polar surface area (TPSA) is 83.1 Å². The number of anilines is 1. The van der Waals surface area contributed by atoms with Crippen molar-refractivity contribution in [1.29, 1.82) is 0 Å². The number of benzene rings is 1. The van der Waals surface area contributed by atoms with E-state index in [1.807, 2.05) is 30.3 Å². The molecule has 2 N–H and O–H groups in total. The SMILES string of the molecule is C=CC(=O)N1CC[C@@H](Nc2ncnc3[nH]c(C#Cc4ccc(OC)cc4)cc23)C1. The van der Waals surface area contributed by atoms with Crippen molar-refractivity contribution >= 4 is 22.8 Å². The smallest absolute Gasteiger partial charge is 0.246 e. The zero-order valence-electron chi connectivity index (χ0n) is 16.1. The summed E-state index contributed by atoms with van der Waals surface area (Å²) in [4.78, 5) is 25.5. The maximum Gasteiger partial charge on any atom is 0.246 e. The molecule has 1 fully saturated rings. The molecule has 0 saturated carbocycles. The highest BCUT2D eigenvalue weighted by Gasteiger charge is 2.25. The van der Waals surface area contributed by atoms with E-state index in [9.17, 15) is 4.79 Å². The highest BCUT2D eigenvalue weighted by molar-refractivity contribution is 5.89. The fourth-order valence-electron chi connectivity index (χ4n) is 3.34. The molecule has 4 rings (SSSR count). The summed E-state index contributed by atoms with van der Waals surface area (Å²) < 4.78 is 5.16. The Hall–Kier alpha value is -3.79. The van der Waals surface area contributed by atoms with E-state index >= 15 is 0 Å². The van der Waals surface area contributed by atoms with Crippen LogP contribution < -0.4 is 10.1 Å². The van der Waals surface area contributed by atoms with Gasteiger partial charge in [-0.3, -0.25) is 4.79 Å². The first-order chi connectivity index (χ1) is 14.2. The van der Waals surface area contributed by atoms with Gasteiger partial charge in [0.05, 0.1) is 18.2 Å². The van der Waals surface area contributed by atoms with Gasteiger partial charge in [0.1, 0.15) is 23.5 Å². The molecule has 0 bridgehead atoms. The summed E-state index contributed by atoms with van der Waals surface area (Å²) in [6.07, 6.45) is 3.73. The molecule has 1 aliphatic heterocycles. The van der Waals surface area contributed by atoms with Crippen molar-refractivity contribution in [3.05, 3.63) is 60.6 Å². The van der Waals surface area contributed by atoms with Gasteiger partial charge in [-0.05, 0) is 48.7 Å². The van der Waals surface area contributed by atoms with Crippen LogP contribution in [-0.2, 0) is 4.79 Å². The molecule has 1 atom stereocenters. The number of methoxy groups -OCH3 is 1. The highest BCUT2D eigenvalue weighted by atomic mass is 16.5. The van der Waals surface area contributed by atoms with Crippen LogP contribution in [0.1, 0.15) is 17.7 Å². The Morgan fingerprint density at radius 1 is 1.34 bits per heavy atom. The van der Waals surface area contributed by atoms with Gasteiger partial charge in [-0.15, -0.1) is 0 Å². The molecule has 7 heteroatoms. The lowest BCUT2D eigenvalue weighted by Gasteiger charge is -2.15. The summed E-state index contributed by atoms with van der Waals surface area (Å²) in [5.74, 6) is 7.76. The van der Waals surface area contributed by atoms with Gasteiger partial charge in [-0.1, -0.05) is 12.5 Å². The second-order valence-corrected chi connectivity index (χ2v) is 6.76. The van der Waals surface area contributed by atoms with Crippen molar-refractivity contribution in [3.63, 3.8) is 0 Å². The van der Waals surface area contributed by atoms with Gasteiger partial charge in [0.15, 0.2) is 0 Å². The summed E-state index contributed by atoms with van der Waals surface area (Å²) in [7, 11) is 1.64. The Balaban J connectivity index is 1.52. The maximum absolute atomic E-state index is 11.8. The van der Waals surface area contributed by atoms with Crippen LogP contribution >= 0.6 is 0 Å². The minimum absolute atomic E-state index is 0.0418. The van der Waals surface area contributed by atoms with Crippen LogP contribution in [0.3, 0.4) is 0 Å². The van der Waals surface area contributed by atoms with Crippen molar-refractivity contribution in [1.82, 2.24) is 19.9 Å². The van der Waals surface area contributed by atoms with Crippen molar-refractivity contribution in [3.8, 4) is 17.6 Å². The van der Waals surface area contributed by atoms with Crippen LogP contribution in [0.5, 0.6) is 5.75 Å². The molecule has 3 heterocycles. The van der Waals surface area contributed by atoms with E-state index in [0.717, 1.165) is 40.3 Å². The fraction of sp³-hybridized carbons (Fsp3) is 0.227. The molecule has 3 aromatic rings. The van der Waals surface area contributed by atoms with Crippen LogP contribution in [0.2, 0.25) is 0 Å². The van der Waals surface area contributed by atoms with Crippen molar-refractivity contribution in [2.24, 2.45) is 0 Å².